The summed E-state index contributed by atoms with van der Waals surface area (Å²) in [4.78, 5) is 72.5. The third-order valence-electron chi connectivity index (χ3n) is 4.77. The fourth-order valence-electron chi connectivity index (χ4n) is 3.24. The van der Waals surface area contributed by atoms with Crippen molar-refractivity contribution in [3.63, 3.8) is 0 Å². The van der Waals surface area contributed by atoms with Crippen LogP contribution in [0.5, 0.6) is 0 Å². The number of amides is 1. The summed E-state index contributed by atoms with van der Waals surface area (Å²) < 4.78 is 18.2. The number of carbonyl (C=O) groups excluding carboxylic acids is 1. The van der Waals surface area contributed by atoms with Gasteiger partial charge in [-0.15, -0.1) is 0 Å². The van der Waals surface area contributed by atoms with Gasteiger partial charge in [0.05, 0.1) is 25.1 Å². The van der Waals surface area contributed by atoms with E-state index in [4.69, 9.17) is 30.0 Å². The molecule has 2 aromatic heterocycles. The molecule has 1 fully saturated rings. The van der Waals surface area contributed by atoms with Gasteiger partial charge < -0.3 is 44.6 Å². The first-order valence-electron chi connectivity index (χ1n) is 8.97. The predicted octanol–water partition coefficient (Wildman–Crippen LogP) is -2.35. The molecule has 8 N–H and O–H groups in total. The number of carbonyl (C=O) groups is 1. The molecule has 15 nitrogen and oxygen atoms in total. The Morgan fingerprint density at radius 2 is 2.13 bits per heavy atom. The van der Waals surface area contributed by atoms with Gasteiger partial charge in [0.15, 0.2) is 25.4 Å². The standard InChI is InChI=1S/C14H22N6O9P2/c15-14-17-12-11(13(23)18-14)16-6-20(12)7-3-19(9(21)1-2-30(24)25)4-8(7)29-5-10(22)31(26,27)28/h6-8,10,22,24-25H,1-5H2,(H2,26,27,28)(H3,15,17,18,23). The fourth-order valence-corrected chi connectivity index (χ4v) is 3.91. The lowest BCUT2D eigenvalue weighted by Gasteiger charge is -2.22. The number of H-pyrrole nitrogens is 1. The second-order valence-electron chi connectivity index (χ2n) is 6.93. The van der Waals surface area contributed by atoms with Gasteiger partial charge in [0.2, 0.25) is 11.9 Å². The van der Waals surface area contributed by atoms with Crippen molar-refractivity contribution in [1.82, 2.24) is 24.4 Å². The molecule has 172 valence electrons. The van der Waals surface area contributed by atoms with Crippen LogP contribution >= 0.6 is 16.0 Å². The van der Waals surface area contributed by atoms with Crippen LogP contribution in [0.15, 0.2) is 11.1 Å². The first-order valence-corrected chi connectivity index (χ1v) is 12.1. The van der Waals surface area contributed by atoms with Gasteiger partial charge >= 0.3 is 7.60 Å². The van der Waals surface area contributed by atoms with Gasteiger partial charge in [-0.2, -0.15) is 4.98 Å². The van der Waals surface area contributed by atoms with Gasteiger partial charge in [-0.05, 0) is 0 Å². The summed E-state index contributed by atoms with van der Waals surface area (Å²) in [5.41, 5.74) is 5.16. The van der Waals surface area contributed by atoms with Gasteiger partial charge in [0.1, 0.15) is 0 Å². The Morgan fingerprint density at radius 1 is 1.42 bits per heavy atom. The van der Waals surface area contributed by atoms with E-state index in [2.05, 4.69) is 15.0 Å². The number of fused-ring (bicyclic) bond motifs is 1. The summed E-state index contributed by atoms with van der Waals surface area (Å²) >= 11 is 0. The molecule has 3 rings (SSSR count). The van der Waals surface area contributed by atoms with Crippen LogP contribution in [0.2, 0.25) is 0 Å². The number of ether oxygens (including phenoxy) is 1. The molecular formula is C14H22N6O9P2. The third-order valence-corrected chi connectivity index (χ3v) is 6.32. The number of aromatic nitrogens is 4. The Labute approximate surface area is 175 Å². The number of nitrogens with two attached hydrogens (primary N) is 1. The molecule has 0 saturated carbocycles. The fraction of sp³-hybridized carbons (Fsp3) is 0.571. The van der Waals surface area contributed by atoms with Gasteiger partial charge in [-0.25, -0.2) is 4.98 Å². The van der Waals surface area contributed by atoms with Crippen molar-refractivity contribution in [2.24, 2.45) is 0 Å². The molecule has 3 heterocycles. The number of hydrogen-bond acceptors (Lipinski definition) is 10. The minimum atomic E-state index is -4.80. The molecule has 17 heteroatoms. The minimum Gasteiger partial charge on any atom is -0.378 e. The molecule has 31 heavy (non-hydrogen) atoms. The Hall–Kier alpha value is -1.96. The molecule has 0 radical (unpaired) electrons. The number of nitrogens with one attached hydrogen (secondary N) is 1. The van der Waals surface area contributed by atoms with Crippen molar-refractivity contribution in [1.29, 1.82) is 0 Å². The number of nitrogens with zero attached hydrogens (tertiary/aromatic N) is 4. The van der Waals surface area contributed by atoms with E-state index in [1.54, 1.807) is 0 Å². The van der Waals surface area contributed by atoms with E-state index in [-0.39, 0.29) is 42.8 Å². The molecular weight excluding hydrogens is 458 g/mol. The van der Waals surface area contributed by atoms with E-state index in [9.17, 15) is 19.3 Å². The first-order chi connectivity index (χ1) is 14.5. The van der Waals surface area contributed by atoms with Crippen molar-refractivity contribution >= 4 is 39.0 Å². The van der Waals surface area contributed by atoms with Crippen molar-refractivity contribution in [3.05, 3.63) is 16.7 Å². The second kappa shape index (κ2) is 9.27. The quantitative estimate of drug-likeness (QED) is 0.197. The number of rotatable bonds is 8. The average molecular weight is 480 g/mol. The third kappa shape index (κ3) is 5.45. The maximum absolute atomic E-state index is 12.4. The zero-order valence-electron chi connectivity index (χ0n) is 16.0. The molecule has 3 atom stereocenters. The normalized spacial score (nSPS) is 20.6. The highest BCUT2D eigenvalue weighted by molar-refractivity contribution is 7.52. The van der Waals surface area contributed by atoms with Crippen molar-refractivity contribution < 1.29 is 38.8 Å². The number of imidazole rings is 1. The molecule has 0 bridgehead atoms. The van der Waals surface area contributed by atoms with E-state index in [1.165, 1.54) is 15.8 Å². The van der Waals surface area contributed by atoms with E-state index in [0.29, 0.717) is 0 Å². The molecule has 1 amide bonds. The van der Waals surface area contributed by atoms with Crippen molar-refractivity contribution in [2.75, 3.05) is 31.6 Å². The van der Waals surface area contributed by atoms with Crippen LogP contribution in [0.4, 0.5) is 5.95 Å². The zero-order chi connectivity index (χ0) is 22.9. The van der Waals surface area contributed by atoms with Gasteiger partial charge in [0, 0.05) is 25.7 Å². The van der Waals surface area contributed by atoms with Crippen LogP contribution in [0.25, 0.3) is 11.2 Å². The van der Waals surface area contributed by atoms with Crippen LogP contribution in [0, 0.1) is 0 Å². The summed E-state index contributed by atoms with van der Waals surface area (Å²) in [5.74, 6) is -2.60. The lowest BCUT2D eigenvalue weighted by Crippen LogP contribution is -2.31. The van der Waals surface area contributed by atoms with Crippen LogP contribution in [-0.4, -0.2) is 92.8 Å². The maximum atomic E-state index is 12.4. The summed E-state index contributed by atoms with van der Waals surface area (Å²) in [6.45, 7) is -0.649. The maximum Gasteiger partial charge on any atom is 0.356 e. The summed E-state index contributed by atoms with van der Waals surface area (Å²) in [6, 6.07) is -0.670. The van der Waals surface area contributed by atoms with E-state index in [0.717, 1.165) is 0 Å². The molecule has 1 aliphatic heterocycles. The number of aliphatic hydroxyl groups is 1. The predicted molar refractivity (Wildman–Crippen MR) is 107 cm³/mol. The smallest absolute Gasteiger partial charge is 0.356 e. The van der Waals surface area contributed by atoms with Crippen molar-refractivity contribution in [3.8, 4) is 0 Å². The second-order valence-corrected chi connectivity index (χ2v) is 9.89. The van der Waals surface area contributed by atoms with Crippen LogP contribution in [0.1, 0.15) is 12.5 Å². The van der Waals surface area contributed by atoms with Crippen LogP contribution in [0.3, 0.4) is 0 Å². The summed E-state index contributed by atoms with van der Waals surface area (Å²) in [7, 11) is -7.04. The Kier molecular flexibility index (Phi) is 7.08. The first kappa shape index (κ1) is 23.7. The molecule has 0 aliphatic carbocycles. The molecule has 2 aromatic rings. The number of aliphatic hydroxyl groups excluding tert-OH is 1. The van der Waals surface area contributed by atoms with Crippen molar-refractivity contribution in [2.45, 2.75) is 24.4 Å². The minimum absolute atomic E-state index is 0.000758. The van der Waals surface area contributed by atoms with Gasteiger partial charge in [0.25, 0.3) is 5.56 Å². The Morgan fingerprint density at radius 3 is 2.77 bits per heavy atom. The molecule has 3 unspecified atom stereocenters. The average Bonchev–Trinajstić information content (AvgIpc) is 3.27. The Bertz CT molecular complexity index is 1050. The number of likely N-dealkylation sites (tertiary alicyclic amines) is 1. The lowest BCUT2D eigenvalue weighted by atomic mass is 10.2. The number of nitrogen functional groups attached to an aromatic ring is 1. The molecule has 0 spiro atoms. The lowest BCUT2D eigenvalue weighted by molar-refractivity contribution is -0.130. The number of anilines is 1. The Balaban J connectivity index is 1.88. The zero-order valence-corrected chi connectivity index (χ0v) is 17.8. The summed E-state index contributed by atoms with van der Waals surface area (Å²) in [5, 5.41) is 9.61. The number of hydrogen-bond donors (Lipinski definition) is 7. The highest BCUT2D eigenvalue weighted by Crippen LogP contribution is 2.40. The van der Waals surface area contributed by atoms with Gasteiger partial charge in [-0.3, -0.25) is 19.1 Å². The van der Waals surface area contributed by atoms with Gasteiger partial charge in [-0.1, -0.05) is 0 Å². The highest BCUT2D eigenvalue weighted by atomic mass is 31.2. The van der Waals surface area contributed by atoms with Crippen LogP contribution < -0.4 is 11.3 Å². The van der Waals surface area contributed by atoms with E-state index < -0.39 is 52.0 Å². The SMILES string of the molecule is Nc1nc2c(ncn2C2CN(C(=O)CCP(O)O)CC2OCC(O)P(=O)(O)O)c(=O)[nH]1. The summed E-state index contributed by atoms with van der Waals surface area (Å²) in [6.07, 6.45) is 0.231. The molecule has 0 aromatic carbocycles. The molecule has 1 saturated heterocycles. The topological polar surface area (TPSA) is 237 Å². The monoisotopic (exact) mass is 480 g/mol. The highest BCUT2D eigenvalue weighted by Gasteiger charge is 2.39. The van der Waals surface area contributed by atoms with E-state index in [1.807, 2.05) is 0 Å². The van der Waals surface area contributed by atoms with E-state index >= 15 is 0 Å². The number of aromatic amines is 1. The molecule has 1 aliphatic rings. The van der Waals surface area contributed by atoms with Crippen LogP contribution in [-0.2, 0) is 14.1 Å². The largest absolute Gasteiger partial charge is 0.378 e.